The molecule has 0 saturated carbocycles. The number of nitrogens with zero attached hydrogens (tertiary/aromatic N) is 2. The van der Waals surface area contributed by atoms with Gasteiger partial charge in [0.2, 0.25) is 15.9 Å². The SMILES string of the molecule is CCNC(=NCc1nc(C)c(C)o1)NCCS(=O)(=O)NCc1ccccc1. The van der Waals surface area contributed by atoms with Crippen molar-refractivity contribution in [2.24, 2.45) is 4.99 Å². The van der Waals surface area contributed by atoms with E-state index in [1.54, 1.807) is 0 Å². The molecule has 1 heterocycles. The van der Waals surface area contributed by atoms with Gasteiger partial charge in [0.25, 0.3) is 0 Å². The Morgan fingerprint density at radius 1 is 1.19 bits per heavy atom. The molecule has 0 unspecified atom stereocenters. The molecule has 0 radical (unpaired) electrons. The van der Waals surface area contributed by atoms with Gasteiger partial charge in [0.1, 0.15) is 12.3 Å². The van der Waals surface area contributed by atoms with Crippen molar-refractivity contribution in [2.75, 3.05) is 18.8 Å². The van der Waals surface area contributed by atoms with Gasteiger partial charge in [-0.15, -0.1) is 0 Å². The summed E-state index contributed by atoms with van der Waals surface area (Å²) < 4.78 is 32.3. The molecule has 0 fully saturated rings. The molecule has 1 aromatic carbocycles. The van der Waals surface area contributed by atoms with Gasteiger partial charge in [-0.1, -0.05) is 30.3 Å². The average molecular weight is 394 g/mol. The Kier molecular flexibility index (Phi) is 7.81. The Balaban J connectivity index is 1.82. The van der Waals surface area contributed by atoms with Gasteiger partial charge in [-0.3, -0.25) is 0 Å². The third kappa shape index (κ3) is 7.40. The summed E-state index contributed by atoms with van der Waals surface area (Å²) in [6.45, 7) is 7.13. The number of sulfonamides is 1. The number of aliphatic imine (C=N–C) groups is 1. The molecular weight excluding hydrogens is 366 g/mol. The summed E-state index contributed by atoms with van der Waals surface area (Å²) in [4.78, 5) is 8.65. The highest BCUT2D eigenvalue weighted by Crippen LogP contribution is 2.08. The van der Waals surface area contributed by atoms with Gasteiger partial charge >= 0.3 is 0 Å². The molecule has 3 N–H and O–H groups in total. The van der Waals surface area contributed by atoms with Crippen molar-refractivity contribution in [3.05, 3.63) is 53.2 Å². The Bertz CT molecular complexity index is 828. The lowest BCUT2D eigenvalue weighted by molar-refractivity contribution is 0.473. The molecule has 8 nitrogen and oxygen atoms in total. The van der Waals surface area contributed by atoms with E-state index < -0.39 is 10.0 Å². The number of aryl methyl sites for hydroxylation is 2. The maximum atomic E-state index is 12.1. The second-order valence-corrected chi connectivity index (χ2v) is 7.92. The van der Waals surface area contributed by atoms with Crippen molar-refractivity contribution >= 4 is 16.0 Å². The van der Waals surface area contributed by atoms with Gasteiger partial charge in [-0.2, -0.15) is 0 Å². The van der Waals surface area contributed by atoms with E-state index in [-0.39, 0.29) is 25.4 Å². The van der Waals surface area contributed by atoms with Crippen LogP contribution in [0.4, 0.5) is 0 Å². The van der Waals surface area contributed by atoms with Gasteiger partial charge in [0.05, 0.1) is 11.4 Å². The van der Waals surface area contributed by atoms with Crippen LogP contribution in [0, 0.1) is 13.8 Å². The number of hydrogen-bond acceptors (Lipinski definition) is 5. The predicted molar refractivity (Wildman–Crippen MR) is 106 cm³/mol. The Morgan fingerprint density at radius 2 is 1.93 bits per heavy atom. The predicted octanol–water partition coefficient (Wildman–Crippen LogP) is 1.47. The van der Waals surface area contributed by atoms with Crippen molar-refractivity contribution in [1.82, 2.24) is 20.3 Å². The molecule has 0 aliphatic heterocycles. The normalized spacial score (nSPS) is 12.2. The highest BCUT2D eigenvalue weighted by molar-refractivity contribution is 7.89. The first-order chi connectivity index (χ1) is 12.9. The van der Waals surface area contributed by atoms with Crippen molar-refractivity contribution in [1.29, 1.82) is 0 Å². The quantitative estimate of drug-likeness (QED) is 0.440. The molecule has 0 saturated heterocycles. The molecule has 0 spiro atoms. The smallest absolute Gasteiger partial charge is 0.216 e. The van der Waals surface area contributed by atoms with Crippen LogP contribution in [0.1, 0.15) is 29.8 Å². The highest BCUT2D eigenvalue weighted by Gasteiger charge is 2.10. The van der Waals surface area contributed by atoms with Crippen molar-refractivity contribution in [2.45, 2.75) is 33.9 Å². The van der Waals surface area contributed by atoms with Gasteiger partial charge in [0.15, 0.2) is 5.96 Å². The minimum absolute atomic E-state index is 0.0541. The Hall–Kier alpha value is -2.39. The van der Waals surface area contributed by atoms with Gasteiger partial charge in [-0.25, -0.2) is 23.1 Å². The van der Waals surface area contributed by atoms with E-state index in [0.29, 0.717) is 18.4 Å². The molecular formula is C18H27N5O3S. The molecule has 27 heavy (non-hydrogen) atoms. The van der Waals surface area contributed by atoms with E-state index in [1.807, 2.05) is 51.1 Å². The summed E-state index contributed by atoms with van der Waals surface area (Å²) in [5.74, 6) is 1.76. The van der Waals surface area contributed by atoms with Crippen LogP contribution < -0.4 is 15.4 Å². The summed E-state index contributed by atoms with van der Waals surface area (Å²) >= 11 is 0. The number of nitrogens with one attached hydrogen (secondary N) is 3. The summed E-state index contributed by atoms with van der Waals surface area (Å²) in [5.41, 5.74) is 1.76. The van der Waals surface area contributed by atoms with Crippen LogP contribution in [0.25, 0.3) is 0 Å². The highest BCUT2D eigenvalue weighted by atomic mass is 32.2. The van der Waals surface area contributed by atoms with Gasteiger partial charge in [0, 0.05) is 19.6 Å². The second kappa shape index (κ2) is 10.1. The summed E-state index contributed by atoms with van der Waals surface area (Å²) in [6, 6.07) is 9.40. The zero-order chi connectivity index (χ0) is 19.7. The largest absolute Gasteiger partial charge is 0.444 e. The minimum atomic E-state index is -3.39. The first-order valence-electron chi connectivity index (χ1n) is 8.86. The molecule has 0 atom stereocenters. The zero-order valence-electron chi connectivity index (χ0n) is 15.9. The number of benzene rings is 1. The number of aromatic nitrogens is 1. The lowest BCUT2D eigenvalue weighted by Gasteiger charge is -2.11. The van der Waals surface area contributed by atoms with Crippen LogP contribution in [0.2, 0.25) is 0 Å². The average Bonchev–Trinajstić information content (AvgIpc) is 2.97. The van der Waals surface area contributed by atoms with Crippen molar-refractivity contribution in [3.63, 3.8) is 0 Å². The minimum Gasteiger partial charge on any atom is -0.444 e. The van der Waals surface area contributed by atoms with Crippen LogP contribution >= 0.6 is 0 Å². The Labute approximate surface area is 160 Å². The van der Waals surface area contributed by atoms with Crippen molar-refractivity contribution in [3.8, 4) is 0 Å². The number of hydrogen-bond donors (Lipinski definition) is 3. The van der Waals surface area contributed by atoms with Crippen LogP contribution in [-0.2, 0) is 23.1 Å². The second-order valence-electron chi connectivity index (χ2n) is 6.00. The van der Waals surface area contributed by atoms with Gasteiger partial charge in [-0.05, 0) is 26.3 Å². The molecule has 0 aliphatic rings. The van der Waals surface area contributed by atoms with Crippen molar-refractivity contribution < 1.29 is 12.8 Å². The first-order valence-corrected chi connectivity index (χ1v) is 10.5. The van der Waals surface area contributed by atoms with Crippen LogP contribution in [0.5, 0.6) is 0 Å². The van der Waals surface area contributed by atoms with E-state index in [1.165, 1.54) is 0 Å². The third-order valence-electron chi connectivity index (χ3n) is 3.79. The number of guanidine groups is 1. The van der Waals surface area contributed by atoms with E-state index in [4.69, 9.17) is 4.42 Å². The first kappa shape index (κ1) is 20.9. The standard InChI is InChI=1S/C18H27N5O3S/c1-4-19-18(21-13-17-23-14(2)15(3)26-17)20-10-11-27(24,25)22-12-16-8-6-5-7-9-16/h5-9,22H,4,10-13H2,1-3H3,(H2,19,20,21). The molecule has 148 valence electrons. The lowest BCUT2D eigenvalue weighted by Crippen LogP contribution is -2.41. The molecule has 0 bridgehead atoms. The summed E-state index contributed by atoms with van der Waals surface area (Å²) in [7, 11) is -3.39. The lowest BCUT2D eigenvalue weighted by atomic mass is 10.2. The molecule has 0 amide bonds. The fourth-order valence-electron chi connectivity index (χ4n) is 2.26. The third-order valence-corrected chi connectivity index (χ3v) is 5.12. The zero-order valence-corrected chi connectivity index (χ0v) is 16.8. The monoisotopic (exact) mass is 393 g/mol. The molecule has 0 aliphatic carbocycles. The van der Waals surface area contributed by atoms with E-state index in [2.05, 4.69) is 25.3 Å². The van der Waals surface area contributed by atoms with Crippen LogP contribution in [0.3, 0.4) is 0 Å². The number of rotatable bonds is 9. The van der Waals surface area contributed by atoms with E-state index >= 15 is 0 Å². The van der Waals surface area contributed by atoms with E-state index in [9.17, 15) is 8.42 Å². The van der Waals surface area contributed by atoms with Crippen LogP contribution in [0.15, 0.2) is 39.7 Å². The number of oxazole rings is 1. The van der Waals surface area contributed by atoms with Gasteiger partial charge < -0.3 is 15.1 Å². The van der Waals surface area contributed by atoms with E-state index in [0.717, 1.165) is 17.0 Å². The maximum absolute atomic E-state index is 12.1. The molecule has 1 aromatic heterocycles. The molecule has 9 heteroatoms. The maximum Gasteiger partial charge on any atom is 0.216 e. The van der Waals surface area contributed by atoms with Crippen LogP contribution in [-0.4, -0.2) is 38.2 Å². The summed E-state index contributed by atoms with van der Waals surface area (Å²) in [6.07, 6.45) is 0. The fraction of sp³-hybridized carbons (Fsp3) is 0.444. The molecule has 2 rings (SSSR count). The molecule has 2 aromatic rings. The summed E-state index contributed by atoms with van der Waals surface area (Å²) in [5, 5.41) is 6.09. The Morgan fingerprint density at radius 3 is 2.56 bits per heavy atom. The fourth-order valence-corrected chi connectivity index (χ4v) is 3.16. The topological polar surface area (TPSA) is 109 Å².